The molecule has 1 aromatic heterocycles. The summed E-state index contributed by atoms with van der Waals surface area (Å²) in [6.07, 6.45) is 0.247. The van der Waals surface area contributed by atoms with Crippen LogP contribution in [0.5, 0.6) is 0 Å². The molecule has 0 unspecified atom stereocenters. The highest BCUT2D eigenvalue weighted by molar-refractivity contribution is 5.77. The van der Waals surface area contributed by atoms with Gasteiger partial charge in [-0.1, -0.05) is 12.1 Å². The topological polar surface area (TPSA) is 76.7 Å². The number of benzene rings is 1. The molecule has 2 heterocycles. The molecule has 1 aliphatic rings. The number of carbonyl (C=O) groups is 1. The molecule has 3 rings (SSSR count). The van der Waals surface area contributed by atoms with Crippen molar-refractivity contribution in [3.8, 4) is 0 Å². The van der Waals surface area contributed by atoms with Crippen LogP contribution in [0.4, 0.5) is 0 Å². The van der Waals surface area contributed by atoms with Crippen LogP contribution in [0.1, 0.15) is 13.3 Å². The predicted molar refractivity (Wildman–Crippen MR) is 90.0 cm³/mol. The summed E-state index contributed by atoms with van der Waals surface area (Å²) in [6.45, 7) is 6.41. The van der Waals surface area contributed by atoms with E-state index < -0.39 is 5.76 Å². The summed E-state index contributed by atoms with van der Waals surface area (Å²) in [7, 11) is 0. The van der Waals surface area contributed by atoms with E-state index in [0.29, 0.717) is 12.1 Å². The SMILES string of the molecule is C[C@H](CN1CCOCC1)NC(=O)CCn1c(=O)oc2ccccc21. The molecule has 2 aromatic rings. The first-order valence-corrected chi connectivity index (χ1v) is 8.31. The molecule has 130 valence electrons. The Labute approximate surface area is 140 Å². The average molecular weight is 333 g/mol. The minimum atomic E-state index is -0.426. The monoisotopic (exact) mass is 333 g/mol. The van der Waals surface area contributed by atoms with E-state index in [2.05, 4.69) is 10.2 Å². The Bertz CT molecular complexity index is 746. The average Bonchev–Trinajstić information content (AvgIpc) is 2.89. The van der Waals surface area contributed by atoms with E-state index in [-0.39, 0.29) is 18.4 Å². The van der Waals surface area contributed by atoms with Gasteiger partial charge in [-0.05, 0) is 19.1 Å². The van der Waals surface area contributed by atoms with Crippen molar-refractivity contribution in [1.29, 1.82) is 0 Å². The highest BCUT2D eigenvalue weighted by Crippen LogP contribution is 2.12. The minimum absolute atomic E-state index is 0.0621. The number of amides is 1. The normalized spacial score (nSPS) is 17.0. The molecule has 1 aliphatic heterocycles. The number of nitrogens with one attached hydrogen (secondary N) is 1. The van der Waals surface area contributed by atoms with E-state index in [4.69, 9.17) is 9.15 Å². The van der Waals surface area contributed by atoms with Gasteiger partial charge >= 0.3 is 5.76 Å². The van der Waals surface area contributed by atoms with Gasteiger partial charge in [0, 0.05) is 38.6 Å². The van der Waals surface area contributed by atoms with E-state index in [1.165, 1.54) is 4.57 Å². The molecule has 0 radical (unpaired) electrons. The van der Waals surface area contributed by atoms with Gasteiger partial charge < -0.3 is 14.5 Å². The zero-order valence-corrected chi connectivity index (χ0v) is 13.9. The number of morpholine rings is 1. The van der Waals surface area contributed by atoms with Crippen LogP contribution in [0.25, 0.3) is 11.1 Å². The van der Waals surface area contributed by atoms with E-state index in [9.17, 15) is 9.59 Å². The lowest BCUT2D eigenvalue weighted by molar-refractivity contribution is -0.122. The van der Waals surface area contributed by atoms with Gasteiger partial charge in [0.15, 0.2) is 5.58 Å². The van der Waals surface area contributed by atoms with Gasteiger partial charge in [-0.2, -0.15) is 0 Å². The van der Waals surface area contributed by atoms with Crippen LogP contribution in [-0.2, 0) is 16.1 Å². The number of aryl methyl sites for hydroxylation is 1. The van der Waals surface area contributed by atoms with Crippen molar-refractivity contribution < 1.29 is 13.9 Å². The van der Waals surface area contributed by atoms with Crippen molar-refractivity contribution in [2.24, 2.45) is 0 Å². The summed E-state index contributed by atoms with van der Waals surface area (Å²) in [5, 5.41) is 2.99. The molecule has 1 N–H and O–H groups in total. The van der Waals surface area contributed by atoms with E-state index in [1.807, 2.05) is 25.1 Å². The molecular weight excluding hydrogens is 310 g/mol. The summed E-state index contributed by atoms with van der Waals surface area (Å²) in [4.78, 5) is 26.3. The van der Waals surface area contributed by atoms with Crippen LogP contribution in [0.15, 0.2) is 33.5 Å². The Balaban J connectivity index is 1.51. The Morgan fingerprint density at radius 1 is 1.29 bits per heavy atom. The number of hydrogen-bond donors (Lipinski definition) is 1. The molecule has 1 amide bonds. The third-order valence-corrected chi connectivity index (χ3v) is 4.18. The van der Waals surface area contributed by atoms with Crippen molar-refractivity contribution in [2.75, 3.05) is 32.8 Å². The van der Waals surface area contributed by atoms with E-state index in [0.717, 1.165) is 38.4 Å². The second-order valence-electron chi connectivity index (χ2n) is 6.12. The maximum Gasteiger partial charge on any atom is 0.419 e. The summed E-state index contributed by atoms with van der Waals surface area (Å²) >= 11 is 0. The second kappa shape index (κ2) is 7.63. The fraction of sp³-hybridized carbons (Fsp3) is 0.529. The molecule has 0 aliphatic carbocycles. The first-order chi connectivity index (χ1) is 11.6. The van der Waals surface area contributed by atoms with Crippen LogP contribution in [0.3, 0.4) is 0 Å². The number of hydrogen-bond acceptors (Lipinski definition) is 5. The fourth-order valence-electron chi connectivity index (χ4n) is 3.00. The van der Waals surface area contributed by atoms with Gasteiger partial charge in [0.1, 0.15) is 0 Å². The zero-order chi connectivity index (χ0) is 16.9. The molecule has 1 saturated heterocycles. The molecule has 1 aromatic carbocycles. The fourth-order valence-corrected chi connectivity index (χ4v) is 3.00. The Kier molecular flexibility index (Phi) is 5.32. The molecule has 0 saturated carbocycles. The highest BCUT2D eigenvalue weighted by atomic mass is 16.5. The summed E-state index contributed by atoms with van der Waals surface area (Å²) in [5.41, 5.74) is 1.26. The zero-order valence-electron chi connectivity index (χ0n) is 13.9. The molecule has 0 spiro atoms. The van der Waals surface area contributed by atoms with Crippen LogP contribution < -0.4 is 11.1 Å². The Morgan fingerprint density at radius 3 is 2.83 bits per heavy atom. The molecule has 7 nitrogen and oxygen atoms in total. The number of oxazole rings is 1. The molecule has 0 bridgehead atoms. The summed E-state index contributed by atoms with van der Waals surface area (Å²) in [5.74, 6) is -0.488. The quantitative estimate of drug-likeness (QED) is 0.847. The largest absolute Gasteiger partial charge is 0.419 e. The number of fused-ring (bicyclic) bond motifs is 1. The van der Waals surface area contributed by atoms with Crippen molar-refractivity contribution in [1.82, 2.24) is 14.8 Å². The maximum atomic E-state index is 12.1. The van der Waals surface area contributed by atoms with Crippen molar-refractivity contribution in [3.63, 3.8) is 0 Å². The number of ether oxygens (including phenoxy) is 1. The number of para-hydroxylation sites is 2. The standard InChI is InChI=1S/C17H23N3O4/c1-13(12-19-8-10-23-11-9-19)18-16(21)6-7-20-14-4-2-3-5-15(14)24-17(20)22/h2-5,13H,6-12H2,1H3,(H,18,21)/t13-/m1/s1. The van der Waals surface area contributed by atoms with Crippen molar-refractivity contribution >= 4 is 17.0 Å². The van der Waals surface area contributed by atoms with Gasteiger partial charge in [-0.25, -0.2) is 4.79 Å². The predicted octanol–water partition coefficient (Wildman–Crippen LogP) is 0.821. The van der Waals surface area contributed by atoms with Crippen molar-refractivity contribution in [2.45, 2.75) is 25.9 Å². The first-order valence-electron chi connectivity index (χ1n) is 8.31. The van der Waals surface area contributed by atoms with Gasteiger partial charge in [0.05, 0.1) is 18.7 Å². The van der Waals surface area contributed by atoms with E-state index >= 15 is 0 Å². The molecule has 1 atom stereocenters. The van der Waals surface area contributed by atoms with Gasteiger partial charge in [-0.3, -0.25) is 14.3 Å². The highest BCUT2D eigenvalue weighted by Gasteiger charge is 2.16. The van der Waals surface area contributed by atoms with E-state index in [1.54, 1.807) is 6.07 Å². The Morgan fingerprint density at radius 2 is 2.04 bits per heavy atom. The number of aromatic nitrogens is 1. The maximum absolute atomic E-state index is 12.1. The first kappa shape index (κ1) is 16.7. The number of carbonyl (C=O) groups excluding carboxylic acids is 1. The molecule has 24 heavy (non-hydrogen) atoms. The van der Waals surface area contributed by atoms with Gasteiger partial charge in [-0.15, -0.1) is 0 Å². The third-order valence-electron chi connectivity index (χ3n) is 4.18. The molecular formula is C17H23N3O4. The van der Waals surface area contributed by atoms with Crippen LogP contribution in [-0.4, -0.2) is 54.3 Å². The summed E-state index contributed by atoms with van der Waals surface area (Å²) < 4.78 is 12.0. The lowest BCUT2D eigenvalue weighted by atomic mass is 10.2. The Hall–Kier alpha value is -2.12. The summed E-state index contributed by atoms with van der Waals surface area (Å²) in [6, 6.07) is 7.29. The number of rotatable bonds is 6. The van der Waals surface area contributed by atoms with Crippen LogP contribution in [0, 0.1) is 0 Å². The van der Waals surface area contributed by atoms with Crippen LogP contribution >= 0.6 is 0 Å². The third kappa shape index (κ3) is 4.04. The lowest BCUT2D eigenvalue weighted by Crippen LogP contribution is -2.46. The van der Waals surface area contributed by atoms with Crippen molar-refractivity contribution in [3.05, 3.63) is 34.8 Å². The minimum Gasteiger partial charge on any atom is -0.408 e. The lowest BCUT2D eigenvalue weighted by Gasteiger charge is -2.29. The van der Waals surface area contributed by atoms with Gasteiger partial charge in [0.2, 0.25) is 5.91 Å². The van der Waals surface area contributed by atoms with Crippen LogP contribution in [0.2, 0.25) is 0 Å². The number of nitrogens with zero attached hydrogens (tertiary/aromatic N) is 2. The smallest absolute Gasteiger partial charge is 0.408 e. The molecule has 1 fully saturated rings. The van der Waals surface area contributed by atoms with Gasteiger partial charge in [0.25, 0.3) is 0 Å². The second-order valence-corrected chi connectivity index (χ2v) is 6.12. The molecule has 7 heteroatoms.